The van der Waals surface area contributed by atoms with Crippen molar-refractivity contribution in [2.75, 3.05) is 6.54 Å². The summed E-state index contributed by atoms with van der Waals surface area (Å²) in [7, 11) is 0. The molecule has 0 aromatic rings. The van der Waals surface area contributed by atoms with Crippen molar-refractivity contribution in [2.45, 2.75) is 69.6 Å². The second kappa shape index (κ2) is 15.8. The Bertz CT molecular complexity index is 814. The summed E-state index contributed by atoms with van der Waals surface area (Å²) in [5, 5.41) is 16.1. The molecule has 0 saturated heterocycles. The number of guanidine groups is 1. The van der Waals surface area contributed by atoms with Crippen LogP contribution in [-0.2, 0) is 28.8 Å². The molecule has 35 heavy (non-hydrogen) atoms. The number of hydrogen-bond acceptors (Lipinski definition) is 8. The van der Waals surface area contributed by atoms with Crippen molar-refractivity contribution in [1.29, 1.82) is 0 Å². The van der Waals surface area contributed by atoms with Gasteiger partial charge in [-0.05, 0) is 32.6 Å². The van der Waals surface area contributed by atoms with E-state index in [-0.39, 0.29) is 44.6 Å². The van der Waals surface area contributed by atoms with Crippen LogP contribution in [0.15, 0.2) is 4.99 Å². The molecular formula is C19H35N9O7. The van der Waals surface area contributed by atoms with Gasteiger partial charge < -0.3 is 49.7 Å². The monoisotopic (exact) mass is 501 g/mol. The first-order valence-electron chi connectivity index (χ1n) is 10.8. The molecule has 4 atom stereocenters. The number of nitrogens with one attached hydrogen (secondary N) is 3. The van der Waals surface area contributed by atoms with Gasteiger partial charge in [-0.25, -0.2) is 4.79 Å². The Kier molecular flexibility index (Phi) is 14.0. The summed E-state index contributed by atoms with van der Waals surface area (Å²) in [5.74, 6) is -5.32. The van der Waals surface area contributed by atoms with Gasteiger partial charge in [0, 0.05) is 19.4 Å². The Morgan fingerprint density at radius 1 is 0.771 bits per heavy atom. The molecule has 0 bridgehead atoms. The van der Waals surface area contributed by atoms with E-state index in [0.717, 1.165) is 0 Å². The Morgan fingerprint density at radius 3 is 1.77 bits per heavy atom. The number of aliphatic imine (C=N–C) groups is 1. The van der Waals surface area contributed by atoms with Gasteiger partial charge in [0.15, 0.2) is 5.96 Å². The fourth-order valence-electron chi connectivity index (χ4n) is 2.70. The molecule has 0 aliphatic heterocycles. The minimum atomic E-state index is -1.41. The fraction of sp³-hybridized carbons (Fsp3) is 0.632. The van der Waals surface area contributed by atoms with Gasteiger partial charge in [-0.3, -0.25) is 29.0 Å². The maximum absolute atomic E-state index is 12.7. The van der Waals surface area contributed by atoms with Crippen molar-refractivity contribution in [3.63, 3.8) is 0 Å². The van der Waals surface area contributed by atoms with Crippen LogP contribution in [0, 0.1) is 0 Å². The highest BCUT2D eigenvalue weighted by atomic mass is 16.4. The van der Waals surface area contributed by atoms with E-state index in [1.807, 2.05) is 0 Å². The third-order valence-electron chi connectivity index (χ3n) is 4.66. The lowest BCUT2D eigenvalue weighted by Gasteiger charge is -2.23. The zero-order valence-electron chi connectivity index (χ0n) is 19.5. The van der Waals surface area contributed by atoms with Crippen LogP contribution < -0.4 is 44.6 Å². The predicted octanol–water partition coefficient (Wildman–Crippen LogP) is -4.54. The first-order chi connectivity index (χ1) is 16.2. The molecule has 14 N–H and O–H groups in total. The molecule has 0 spiro atoms. The molecular weight excluding hydrogens is 466 g/mol. The Balaban J connectivity index is 5.09. The number of amides is 5. The first-order valence-corrected chi connectivity index (χ1v) is 10.8. The molecule has 0 aromatic heterocycles. The number of primary amides is 2. The van der Waals surface area contributed by atoms with Crippen LogP contribution in [0.1, 0.15) is 45.4 Å². The number of rotatable bonds is 17. The molecule has 5 amide bonds. The molecule has 16 nitrogen and oxygen atoms in total. The minimum absolute atomic E-state index is 0.105. The van der Waals surface area contributed by atoms with Gasteiger partial charge in [0.2, 0.25) is 29.5 Å². The molecule has 0 radical (unpaired) electrons. The zero-order chi connectivity index (χ0) is 27.1. The summed E-state index contributed by atoms with van der Waals surface area (Å²) in [6, 6.07) is -4.88. The van der Waals surface area contributed by atoms with Crippen molar-refractivity contribution >= 4 is 41.5 Å². The maximum Gasteiger partial charge on any atom is 0.326 e. The summed E-state index contributed by atoms with van der Waals surface area (Å²) in [5.41, 5.74) is 26.4. The van der Waals surface area contributed by atoms with Crippen molar-refractivity contribution in [3.05, 3.63) is 0 Å². The number of carbonyl (C=O) groups is 6. The molecule has 0 aliphatic rings. The highest BCUT2D eigenvalue weighted by Gasteiger charge is 2.28. The molecule has 0 aliphatic carbocycles. The van der Waals surface area contributed by atoms with Gasteiger partial charge >= 0.3 is 5.97 Å². The summed E-state index contributed by atoms with van der Waals surface area (Å²) < 4.78 is 0. The highest BCUT2D eigenvalue weighted by Crippen LogP contribution is 2.03. The zero-order valence-corrected chi connectivity index (χ0v) is 19.5. The number of nitrogens with two attached hydrogens (primary N) is 5. The van der Waals surface area contributed by atoms with Crippen molar-refractivity contribution < 1.29 is 33.9 Å². The quantitative estimate of drug-likeness (QED) is 0.0522. The number of carbonyl (C=O) groups excluding carboxylic acids is 5. The van der Waals surface area contributed by atoms with E-state index in [4.69, 9.17) is 28.7 Å². The number of hydrogen-bond donors (Lipinski definition) is 9. The molecule has 4 unspecified atom stereocenters. The van der Waals surface area contributed by atoms with E-state index in [1.54, 1.807) is 0 Å². The number of nitrogens with zero attached hydrogens (tertiary/aromatic N) is 1. The summed E-state index contributed by atoms with van der Waals surface area (Å²) in [6.07, 6.45) is -0.331. The van der Waals surface area contributed by atoms with Gasteiger partial charge in [-0.15, -0.1) is 0 Å². The standard InChI is InChI=1S/C19H35N9O7/c1-9(15(31)28-12(18(34)35)5-7-14(22)30)26-17(33)11(4-6-13(21)29)27-16(32)10(20)3-2-8-25-19(23)24/h9-12H,2-8,20H2,1H3,(H2,21,29)(H2,22,30)(H,26,33)(H,27,32)(H,28,31)(H,34,35)(H4,23,24,25). The number of aliphatic carboxylic acids is 1. The second-order valence-electron chi connectivity index (χ2n) is 7.76. The molecule has 0 rings (SSSR count). The molecule has 0 saturated carbocycles. The number of carboxylic acid groups (broad SMARTS) is 1. The summed E-state index contributed by atoms with van der Waals surface area (Å²) >= 11 is 0. The SMILES string of the molecule is CC(NC(=O)C(CCC(N)=O)NC(=O)C(N)CCCN=C(N)N)C(=O)NC(CCC(N)=O)C(=O)O. The molecule has 198 valence electrons. The van der Waals surface area contributed by atoms with Crippen LogP contribution >= 0.6 is 0 Å². The van der Waals surface area contributed by atoms with Gasteiger partial charge in [0.1, 0.15) is 18.1 Å². The largest absolute Gasteiger partial charge is 0.480 e. The smallest absolute Gasteiger partial charge is 0.326 e. The van der Waals surface area contributed by atoms with Crippen LogP contribution in [0.25, 0.3) is 0 Å². The van der Waals surface area contributed by atoms with E-state index < -0.39 is 59.7 Å². The van der Waals surface area contributed by atoms with Crippen molar-refractivity contribution in [1.82, 2.24) is 16.0 Å². The van der Waals surface area contributed by atoms with E-state index >= 15 is 0 Å². The Hall–Kier alpha value is -3.95. The van der Waals surface area contributed by atoms with E-state index in [0.29, 0.717) is 6.42 Å². The second-order valence-corrected chi connectivity index (χ2v) is 7.76. The Morgan fingerprint density at radius 2 is 1.29 bits per heavy atom. The van der Waals surface area contributed by atoms with E-state index in [1.165, 1.54) is 6.92 Å². The van der Waals surface area contributed by atoms with Crippen LogP contribution in [-0.4, -0.2) is 77.3 Å². The van der Waals surface area contributed by atoms with E-state index in [2.05, 4.69) is 20.9 Å². The van der Waals surface area contributed by atoms with Crippen LogP contribution in [0.5, 0.6) is 0 Å². The van der Waals surface area contributed by atoms with Gasteiger partial charge in [-0.1, -0.05) is 0 Å². The third-order valence-corrected chi connectivity index (χ3v) is 4.66. The van der Waals surface area contributed by atoms with Crippen molar-refractivity contribution in [3.8, 4) is 0 Å². The lowest BCUT2D eigenvalue weighted by Crippen LogP contribution is -2.56. The first kappa shape index (κ1) is 31.0. The maximum atomic E-state index is 12.7. The highest BCUT2D eigenvalue weighted by molar-refractivity contribution is 5.94. The minimum Gasteiger partial charge on any atom is -0.480 e. The Labute approximate surface area is 201 Å². The average molecular weight is 502 g/mol. The summed E-state index contributed by atoms with van der Waals surface area (Å²) in [4.78, 5) is 74.5. The topological polar surface area (TPSA) is 301 Å². The molecule has 0 heterocycles. The van der Waals surface area contributed by atoms with Crippen LogP contribution in [0.4, 0.5) is 0 Å². The van der Waals surface area contributed by atoms with Gasteiger partial charge in [0.05, 0.1) is 6.04 Å². The van der Waals surface area contributed by atoms with Gasteiger partial charge in [-0.2, -0.15) is 0 Å². The molecule has 0 fully saturated rings. The lowest BCUT2D eigenvalue weighted by atomic mass is 10.1. The van der Waals surface area contributed by atoms with Gasteiger partial charge in [0.25, 0.3) is 0 Å². The third kappa shape index (κ3) is 14.0. The van der Waals surface area contributed by atoms with Crippen LogP contribution in [0.3, 0.4) is 0 Å². The molecule has 0 aromatic carbocycles. The predicted molar refractivity (Wildman–Crippen MR) is 124 cm³/mol. The fourth-order valence-corrected chi connectivity index (χ4v) is 2.70. The summed E-state index contributed by atoms with van der Waals surface area (Å²) in [6.45, 7) is 1.53. The lowest BCUT2D eigenvalue weighted by molar-refractivity contribution is -0.142. The van der Waals surface area contributed by atoms with Crippen LogP contribution in [0.2, 0.25) is 0 Å². The van der Waals surface area contributed by atoms with Crippen molar-refractivity contribution in [2.24, 2.45) is 33.7 Å². The normalized spacial score (nSPS) is 13.9. The molecule has 16 heteroatoms. The average Bonchev–Trinajstić information content (AvgIpc) is 2.75. The van der Waals surface area contributed by atoms with E-state index in [9.17, 15) is 33.9 Å². The number of carboxylic acids is 1.